The number of anilines is 1. The first kappa shape index (κ1) is 13.9. The van der Waals surface area contributed by atoms with Gasteiger partial charge in [0.1, 0.15) is 0 Å². The maximum atomic E-state index is 10.6. The first-order chi connectivity index (χ1) is 8.00. The average molecular weight is 273 g/mol. The second kappa shape index (κ2) is 6.52. The first-order valence-corrected chi connectivity index (χ1v) is 5.92. The molecule has 0 saturated carbocycles. The van der Waals surface area contributed by atoms with Gasteiger partial charge in [0.2, 0.25) is 5.91 Å². The number of nitrogens with two attached hydrogens (primary N) is 1. The van der Waals surface area contributed by atoms with E-state index in [-0.39, 0.29) is 5.91 Å². The summed E-state index contributed by atoms with van der Waals surface area (Å²) >= 11 is 12.0. The molecule has 5 heteroatoms. The van der Waals surface area contributed by atoms with Gasteiger partial charge in [0, 0.05) is 24.7 Å². The summed E-state index contributed by atoms with van der Waals surface area (Å²) in [6.07, 6.45) is 4.45. The fourth-order valence-corrected chi connectivity index (χ4v) is 1.93. The van der Waals surface area contributed by atoms with E-state index in [1.54, 1.807) is 12.1 Å². The van der Waals surface area contributed by atoms with Crippen LogP contribution in [0.2, 0.25) is 10.0 Å². The van der Waals surface area contributed by atoms with Crippen LogP contribution in [0.1, 0.15) is 18.9 Å². The van der Waals surface area contributed by atoms with Crippen LogP contribution in [0.15, 0.2) is 18.2 Å². The van der Waals surface area contributed by atoms with E-state index in [0.717, 1.165) is 12.0 Å². The van der Waals surface area contributed by atoms with Crippen LogP contribution >= 0.6 is 23.2 Å². The van der Waals surface area contributed by atoms with Crippen molar-refractivity contribution in [2.45, 2.75) is 13.3 Å². The summed E-state index contributed by atoms with van der Waals surface area (Å²) in [4.78, 5) is 10.6. The molecule has 0 unspecified atom stereocenters. The van der Waals surface area contributed by atoms with Gasteiger partial charge < -0.3 is 11.1 Å². The third-order valence-corrected chi connectivity index (χ3v) is 2.70. The molecule has 0 heterocycles. The highest BCUT2D eigenvalue weighted by Crippen LogP contribution is 2.28. The molecule has 0 aliphatic rings. The van der Waals surface area contributed by atoms with E-state index in [1.807, 2.05) is 12.2 Å². The van der Waals surface area contributed by atoms with Crippen molar-refractivity contribution in [2.24, 2.45) is 0 Å². The quantitative estimate of drug-likeness (QED) is 0.654. The highest BCUT2D eigenvalue weighted by Gasteiger charge is 2.03. The molecule has 0 aromatic heterocycles. The van der Waals surface area contributed by atoms with Gasteiger partial charge in [0.05, 0.1) is 10.0 Å². The molecule has 0 atom stereocenters. The second-order valence-corrected chi connectivity index (χ2v) is 4.39. The first-order valence-electron chi connectivity index (χ1n) is 5.16. The topological polar surface area (TPSA) is 55.1 Å². The second-order valence-electron chi connectivity index (χ2n) is 3.57. The van der Waals surface area contributed by atoms with Crippen molar-refractivity contribution in [3.05, 3.63) is 33.8 Å². The molecule has 0 saturated heterocycles. The minimum atomic E-state index is -0.0399. The normalized spacial score (nSPS) is 10.8. The minimum Gasteiger partial charge on any atom is -0.399 e. The van der Waals surface area contributed by atoms with Gasteiger partial charge in [-0.05, 0) is 18.6 Å². The largest absolute Gasteiger partial charge is 0.399 e. The lowest BCUT2D eigenvalue weighted by molar-refractivity contribution is -0.118. The minimum absolute atomic E-state index is 0.0399. The van der Waals surface area contributed by atoms with E-state index in [9.17, 15) is 4.79 Å². The van der Waals surface area contributed by atoms with Crippen molar-refractivity contribution < 1.29 is 4.79 Å². The predicted octanol–water partition coefficient (Wildman–Crippen LogP) is 3.12. The van der Waals surface area contributed by atoms with Crippen molar-refractivity contribution in [3.8, 4) is 0 Å². The van der Waals surface area contributed by atoms with E-state index in [2.05, 4.69) is 5.32 Å². The molecule has 1 aromatic carbocycles. The summed E-state index contributed by atoms with van der Waals surface area (Å²) in [6.45, 7) is 2.08. The average Bonchev–Trinajstić information content (AvgIpc) is 2.20. The lowest BCUT2D eigenvalue weighted by atomic mass is 10.2. The molecular weight excluding hydrogens is 259 g/mol. The van der Waals surface area contributed by atoms with Crippen LogP contribution in [0.4, 0.5) is 5.69 Å². The summed E-state index contributed by atoms with van der Waals surface area (Å²) in [6, 6.07) is 3.31. The standard InChI is InChI=1S/C12H14Cl2N2O/c1-8(17)16-5-3-2-4-10-11(13)6-9(15)7-12(10)14/h2,4,6-7H,3,5,15H2,1H3,(H,16,17). The van der Waals surface area contributed by atoms with E-state index in [1.165, 1.54) is 6.92 Å². The summed E-state index contributed by atoms with van der Waals surface area (Å²) < 4.78 is 0. The maximum absolute atomic E-state index is 10.6. The van der Waals surface area contributed by atoms with Gasteiger partial charge in [-0.25, -0.2) is 0 Å². The fourth-order valence-electron chi connectivity index (χ4n) is 1.30. The number of hydrogen-bond acceptors (Lipinski definition) is 2. The third kappa shape index (κ3) is 4.67. The zero-order chi connectivity index (χ0) is 12.8. The van der Waals surface area contributed by atoms with Gasteiger partial charge in [0.15, 0.2) is 0 Å². The Kier molecular flexibility index (Phi) is 5.32. The van der Waals surface area contributed by atoms with E-state index >= 15 is 0 Å². The molecule has 1 rings (SSSR count). The Balaban J connectivity index is 2.62. The Bertz CT molecular complexity index is 421. The van der Waals surface area contributed by atoms with Crippen molar-refractivity contribution >= 4 is 40.9 Å². The zero-order valence-electron chi connectivity index (χ0n) is 9.47. The number of carbonyl (C=O) groups is 1. The molecule has 0 radical (unpaired) electrons. The monoisotopic (exact) mass is 272 g/mol. The molecule has 3 nitrogen and oxygen atoms in total. The van der Waals surface area contributed by atoms with Gasteiger partial charge >= 0.3 is 0 Å². The molecule has 92 valence electrons. The Hall–Kier alpha value is -1.19. The van der Waals surface area contributed by atoms with Gasteiger partial charge in [-0.2, -0.15) is 0 Å². The van der Waals surface area contributed by atoms with Crippen LogP contribution in [0.5, 0.6) is 0 Å². The Morgan fingerprint density at radius 1 is 1.41 bits per heavy atom. The molecule has 3 N–H and O–H groups in total. The Morgan fingerprint density at radius 3 is 2.53 bits per heavy atom. The molecule has 17 heavy (non-hydrogen) atoms. The number of amides is 1. The number of halogens is 2. The molecular formula is C12H14Cl2N2O. The zero-order valence-corrected chi connectivity index (χ0v) is 11.0. The highest BCUT2D eigenvalue weighted by atomic mass is 35.5. The molecule has 1 aromatic rings. The predicted molar refractivity (Wildman–Crippen MR) is 73.2 cm³/mol. The van der Waals surface area contributed by atoms with Gasteiger partial charge in [-0.15, -0.1) is 0 Å². The maximum Gasteiger partial charge on any atom is 0.216 e. The summed E-state index contributed by atoms with van der Waals surface area (Å²) in [5.74, 6) is -0.0399. The summed E-state index contributed by atoms with van der Waals surface area (Å²) in [5.41, 5.74) is 6.88. The molecule has 0 spiro atoms. The van der Waals surface area contributed by atoms with E-state index in [4.69, 9.17) is 28.9 Å². The van der Waals surface area contributed by atoms with Crippen molar-refractivity contribution in [2.75, 3.05) is 12.3 Å². The highest BCUT2D eigenvalue weighted by molar-refractivity contribution is 6.37. The molecule has 0 aliphatic carbocycles. The van der Waals surface area contributed by atoms with Crippen LogP contribution in [0.3, 0.4) is 0 Å². The van der Waals surface area contributed by atoms with Crippen LogP contribution in [-0.4, -0.2) is 12.5 Å². The van der Waals surface area contributed by atoms with Crippen LogP contribution < -0.4 is 11.1 Å². The summed E-state index contributed by atoms with van der Waals surface area (Å²) in [7, 11) is 0. The van der Waals surface area contributed by atoms with E-state index < -0.39 is 0 Å². The Labute approximate surface area is 111 Å². The number of nitrogen functional groups attached to an aromatic ring is 1. The van der Waals surface area contributed by atoms with E-state index in [0.29, 0.717) is 22.3 Å². The van der Waals surface area contributed by atoms with Crippen LogP contribution in [-0.2, 0) is 4.79 Å². The van der Waals surface area contributed by atoms with Gasteiger partial charge in [-0.1, -0.05) is 35.4 Å². The smallest absolute Gasteiger partial charge is 0.216 e. The van der Waals surface area contributed by atoms with Gasteiger partial charge in [-0.3, -0.25) is 4.79 Å². The van der Waals surface area contributed by atoms with Crippen molar-refractivity contribution in [1.29, 1.82) is 0 Å². The summed E-state index contributed by atoms with van der Waals surface area (Å²) in [5, 5.41) is 3.73. The molecule has 1 amide bonds. The number of benzene rings is 1. The van der Waals surface area contributed by atoms with Gasteiger partial charge in [0.25, 0.3) is 0 Å². The number of carbonyl (C=O) groups excluding carboxylic acids is 1. The lowest BCUT2D eigenvalue weighted by Crippen LogP contribution is -2.20. The number of rotatable bonds is 4. The van der Waals surface area contributed by atoms with Crippen molar-refractivity contribution in [3.63, 3.8) is 0 Å². The molecule has 0 fully saturated rings. The third-order valence-electron chi connectivity index (χ3n) is 2.07. The Morgan fingerprint density at radius 2 is 2.00 bits per heavy atom. The lowest BCUT2D eigenvalue weighted by Gasteiger charge is -2.03. The number of nitrogens with one attached hydrogen (secondary N) is 1. The SMILES string of the molecule is CC(=O)NCCC=Cc1c(Cl)cc(N)cc1Cl. The fraction of sp³-hybridized carbons (Fsp3) is 0.250. The molecule has 0 bridgehead atoms. The van der Waals surface area contributed by atoms with Crippen LogP contribution in [0.25, 0.3) is 6.08 Å². The van der Waals surface area contributed by atoms with Crippen LogP contribution in [0, 0.1) is 0 Å². The van der Waals surface area contributed by atoms with Crippen molar-refractivity contribution in [1.82, 2.24) is 5.32 Å². The molecule has 0 aliphatic heterocycles. The number of hydrogen-bond donors (Lipinski definition) is 2.